The van der Waals surface area contributed by atoms with Gasteiger partial charge in [-0.25, -0.2) is 13.2 Å². The molecule has 0 radical (unpaired) electrons. The van der Waals surface area contributed by atoms with Crippen molar-refractivity contribution in [2.24, 2.45) is 0 Å². The Labute approximate surface area is 124 Å². The van der Waals surface area contributed by atoms with E-state index in [0.29, 0.717) is 11.1 Å². The summed E-state index contributed by atoms with van der Waals surface area (Å²) < 4.78 is 39.6. The molecule has 6 heteroatoms. The van der Waals surface area contributed by atoms with Gasteiger partial charge >= 0.3 is 0 Å². The van der Waals surface area contributed by atoms with E-state index in [0.717, 1.165) is 12.1 Å². The van der Waals surface area contributed by atoms with E-state index in [9.17, 15) is 13.2 Å². The first-order valence-corrected chi connectivity index (χ1v) is 6.46. The monoisotopic (exact) mass is 319 g/mol. The first-order chi connectivity index (χ1) is 9.43. The normalized spacial score (nSPS) is 12.5. The average Bonchev–Trinajstić information content (AvgIpc) is 2.40. The molecule has 20 heavy (non-hydrogen) atoms. The lowest BCUT2D eigenvalue weighted by molar-refractivity contribution is 0.505. The highest BCUT2D eigenvalue weighted by molar-refractivity contribution is 6.31. The van der Waals surface area contributed by atoms with Gasteiger partial charge in [-0.1, -0.05) is 29.3 Å². The van der Waals surface area contributed by atoms with Crippen LogP contribution in [0.25, 0.3) is 0 Å². The lowest BCUT2D eigenvalue weighted by atomic mass is 9.98. The standard InChI is InChI=1S/C14H10Cl2F3N/c1-20-14(7-2-3-11(17)10(16)4-7)8-5-12(18)13(19)6-9(8)15/h2-6,14,20H,1H3. The van der Waals surface area contributed by atoms with Crippen molar-refractivity contribution >= 4 is 23.2 Å². The van der Waals surface area contributed by atoms with Crippen molar-refractivity contribution in [2.75, 3.05) is 7.05 Å². The van der Waals surface area contributed by atoms with Gasteiger partial charge in [-0.3, -0.25) is 0 Å². The predicted molar refractivity (Wildman–Crippen MR) is 73.7 cm³/mol. The Morgan fingerprint density at radius 3 is 2.15 bits per heavy atom. The van der Waals surface area contributed by atoms with Gasteiger partial charge in [0, 0.05) is 5.02 Å². The molecule has 0 heterocycles. The van der Waals surface area contributed by atoms with Crippen LogP contribution in [-0.2, 0) is 0 Å². The molecule has 0 aliphatic carbocycles. The summed E-state index contributed by atoms with van der Waals surface area (Å²) in [6.45, 7) is 0. The van der Waals surface area contributed by atoms with Crippen LogP contribution in [0.4, 0.5) is 13.2 Å². The minimum absolute atomic E-state index is 0.0542. The molecule has 2 rings (SSSR count). The molecule has 1 nitrogen and oxygen atoms in total. The van der Waals surface area contributed by atoms with Crippen LogP contribution in [0.3, 0.4) is 0 Å². The molecular weight excluding hydrogens is 310 g/mol. The van der Waals surface area contributed by atoms with Gasteiger partial charge in [-0.15, -0.1) is 0 Å². The molecule has 0 saturated heterocycles. The van der Waals surface area contributed by atoms with E-state index in [1.165, 1.54) is 18.2 Å². The van der Waals surface area contributed by atoms with Crippen LogP contribution in [0.5, 0.6) is 0 Å². The van der Waals surface area contributed by atoms with Crippen molar-refractivity contribution < 1.29 is 13.2 Å². The number of nitrogens with one attached hydrogen (secondary N) is 1. The topological polar surface area (TPSA) is 12.0 Å². The number of halogens is 5. The Bertz CT molecular complexity index is 647. The van der Waals surface area contributed by atoms with Crippen LogP contribution in [0.2, 0.25) is 10.0 Å². The van der Waals surface area contributed by atoms with Crippen molar-refractivity contribution in [3.05, 3.63) is 69.0 Å². The van der Waals surface area contributed by atoms with Crippen molar-refractivity contribution in [2.45, 2.75) is 6.04 Å². The highest BCUT2D eigenvalue weighted by atomic mass is 35.5. The SMILES string of the molecule is CNC(c1ccc(F)c(Cl)c1)c1cc(F)c(F)cc1Cl. The summed E-state index contributed by atoms with van der Waals surface area (Å²) in [5, 5.41) is 2.93. The van der Waals surface area contributed by atoms with E-state index >= 15 is 0 Å². The first-order valence-electron chi connectivity index (χ1n) is 5.70. The van der Waals surface area contributed by atoms with E-state index in [1.807, 2.05) is 0 Å². The lowest BCUT2D eigenvalue weighted by Crippen LogP contribution is -2.18. The summed E-state index contributed by atoms with van der Waals surface area (Å²) >= 11 is 11.7. The van der Waals surface area contributed by atoms with E-state index in [4.69, 9.17) is 23.2 Å². The van der Waals surface area contributed by atoms with Gasteiger partial charge in [0.1, 0.15) is 5.82 Å². The Kier molecular flexibility index (Phi) is 4.58. The van der Waals surface area contributed by atoms with Crippen molar-refractivity contribution in [1.29, 1.82) is 0 Å². The van der Waals surface area contributed by atoms with Gasteiger partial charge < -0.3 is 5.32 Å². The zero-order chi connectivity index (χ0) is 14.9. The third-order valence-corrected chi connectivity index (χ3v) is 3.53. The second-order valence-corrected chi connectivity index (χ2v) is 5.00. The maximum Gasteiger partial charge on any atom is 0.160 e. The predicted octanol–water partition coefficient (Wildman–Crippen LogP) is 4.72. The second kappa shape index (κ2) is 6.04. The highest BCUT2D eigenvalue weighted by Gasteiger charge is 2.19. The number of benzene rings is 2. The maximum absolute atomic E-state index is 13.4. The smallest absolute Gasteiger partial charge is 0.160 e. The Morgan fingerprint density at radius 2 is 1.55 bits per heavy atom. The minimum Gasteiger partial charge on any atom is -0.309 e. The fourth-order valence-corrected chi connectivity index (χ4v) is 2.40. The van der Waals surface area contributed by atoms with E-state index < -0.39 is 23.5 Å². The van der Waals surface area contributed by atoms with E-state index in [-0.39, 0.29) is 10.0 Å². The molecule has 106 valence electrons. The highest BCUT2D eigenvalue weighted by Crippen LogP contribution is 2.31. The number of hydrogen-bond donors (Lipinski definition) is 1. The Hall–Kier alpha value is -1.23. The molecule has 1 atom stereocenters. The molecule has 2 aromatic carbocycles. The largest absolute Gasteiger partial charge is 0.309 e. The van der Waals surface area contributed by atoms with Crippen LogP contribution in [0.1, 0.15) is 17.2 Å². The van der Waals surface area contributed by atoms with Gasteiger partial charge in [0.2, 0.25) is 0 Å². The summed E-state index contributed by atoms with van der Waals surface area (Å²) in [4.78, 5) is 0. The second-order valence-electron chi connectivity index (χ2n) is 4.18. The summed E-state index contributed by atoms with van der Waals surface area (Å²) in [5.74, 6) is -2.58. The molecule has 0 aliphatic heterocycles. The Balaban J connectivity index is 2.52. The van der Waals surface area contributed by atoms with Gasteiger partial charge in [0.25, 0.3) is 0 Å². The van der Waals surface area contributed by atoms with Gasteiger partial charge in [0.05, 0.1) is 11.1 Å². The molecule has 2 aromatic rings. The third kappa shape index (κ3) is 2.92. The lowest BCUT2D eigenvalue weighted by Gasteiger charge is -2.19. The van der Waals surface area contributed by atoms with Crippen molar-refractivity contribution in [3.8, 4) is 0 Å². The van der Waals surface area contributed by atoms with Crippen molar-refractivity contribution in [1.82, 2.24) is 5.32 Å². The molecule has 0 fully saturated rings. The van der Waals surface area contributed by atoms with E-state index in [2.05, 4.69) is 5.32 Å². The molecule has 0 spiro atoms. The fourth-order valence-electron chi connectivity index (χ4n) is 1.95. The maximum atomic E-state index is 13.4. The minimum atomic E-state index is -1.02. The summed E-state index contributed by atoms with van der Waals surface area (Å²) in [6.07, 6.45) is 0. The molecule has 0 saturated carbocycles. The van der Waals surface area contributed by atoms with Gasteiger partial charge in [-0.2, -0.15) is 0 Å². The van der Waals surface area contributed by atoms with E-state index in [1.54, 1.807) is 7.05 Å². The van der Waals surface area contributed by atoms with Gasteiger partial charge in [0.15, 0.2) is 11.6 Å². The third-order valence-electron chi connectivity index (χ3n) is 2.92. The quantitative estimate of drug-likeness (QED) is 0.807. The fraction of sp³-hybridized carbons (Fsp3) is 0.143. The number of rotatable bonds is 3. The van der Waals surface area contributed by atoms with Crippen LogP contribution in [0, 0.1) is 17.5 Å². The van der Waals surface area contributed by atoms with Crippen molar-refractivity contribution in [3.63, 3.8) is 0 Å². The molecule has 0 bridgehead atoms. The molecule has 1 N–H and O–H groups in total. The van der Waals surface area contributed by atoms with Crippen LogP contribution in [-0.4, -0.2) is 7.05 Å². The van der Waals surface area contributed by atoms with Gasteiger partial charge in [-0.05, 0) is 42.4 Å². The molecule has 0 aliphatic rings. The summed E-state index contributed by atoms with van der Waals surface area (Å²) in [6, 6.07) is 5.50. The summed E-state index contributed by atoms with van der Waals surface area (Å²) in [7, 11) is 1.62. The molecule has 0 amide bonds. The average molecular weight is 320 g/mol. The first kappa shape index (κ1) is 15.2. The molecule has 0 aromatic heterocycles. The van der Waals surface area contributed by atoms with Crippen LogP contribution in [0.15, 0.2) is 30.3 Å². The Morgan fingerprint density at radius 1 is 0.900 bits per heavy atom. The zero-order valence-corrected chi connectivity index (χ0v) is 11.9. The number of hydrogen-bond acceptors (Lipinski definition) is 1. The summed E-state index contributed by atoms with van der Waals surface area (Å²) in [5.41, 5.74) is 0.933. The van der Waals surface area contributed by atoms with Crippen LogP contribution < -0.4 is 5.32 Å². The molecule has 1 unspecified atom stereocenters. The van der Waals surface area contributed by atoms with Crippen LogP contribution >= 0.6 is 23.2 Å². The molecular formula is C14H10Cl2F3N. The zero-order valence-electron chi connectivity index (χ0n) is 10.4.